The standard InChI is InChI=1S/C13H14N2OS/c1-8-7-12(17-13(8)9(2)16)15-11-6-4-3-5-10(11)14/h3-7,15H,14H2,1-2H3. The number of aryl methyl sites for hydroxylation is 1. The zero-order valence-corrected chi connectivity index (χ0v) is 10.6. The number of hydrogen-bond acceptors (Lipinski definition) is 4. The van der Waals surface area contributed by atoms with Crippen LogP contribution in [0.3, 0.4) is 0 Å². The lowest BCUT2D eigenvalue weighted by Crippen LogP contribution is -1.93. The van der Waals surface area contributed by atoms with Crippen LogP contribution in [-0.4, -0.2) is 5.78 Å². The van der Waals surface area contributed by atoms with Crippen LogP contribution in [0, 0.1) is 6.92 Å². The molecule has 0 atom stereocenters. The highest BCUT2D eigenvalue weighted by atomic mass is 32.1. The van der Waals surface area contributed by atoms with Crippen molar-refractivity contribution in [3.05, 3.63) is 40.8 Å². The number of anilines is 3. The van der Waals surface area contributed by atoms with Crippen LogP contribution in [0.4, 0.5) is 16.4 Å². The molecule has 88 valence electrons. The predicted octanol–water partition coefficient (Wildman–Crippen LogP) is 3.58. The van der Waals surface area contributed by atoms with Crippen LogP contribution in [0.2, 0.25) is 0 Å². The van der Waals surface area contributed by atoms with E-state index in [0.717, 1.165) is 21.1 Å². The summed E-state index contributed by atoms with van der Waals surface area (Å²) in [6, 6.07) is 9.53. The first-order valence-corrected chi connectivity index (χ1v) is 6.12. The van der Waals surface area contributed by atoms with Crippen molar-refractivity contribution in [2.75, 3.05) is 11.1 Å². The molecule has 2 aromatic rings. The molecular weight excluding hydrogens is 232 g/mol. The number of benzene rings is 1. The number of thiophene rings is 1. The summed E-state index contributed by atoms with van der Waals surface area (Å²) >= 11 is 1.45. The third kappa shape index (κ3) is 2.47. The second-order valence-corrected chi connectivity index (χ2v) is 4.94. The average Bonchev–Trinajstić information content (AvgIpc) is 2.63. The summed E-state index contributed by atoms with van der Waals surface area (Å²) in [6.07, 6.45) is 0. The van der Waals surface area contributed by atoms with Crippen molar-refractivity contribution in [2.24, 2.45) is 0 Å². The number of nitrogen functional groups attached to an aromatic ring is 1. The zero-order valence-electron chi connectivity index (χ0n) is 9.78. The largest absolute Gasteiger partial charge is 0.397 e. The van der Waals surface area contributed by atoms with Gasteiger partial charge in [0.2, 0.25) is 0 Å². The Morgan fingerprint density at radius 3 is 2.65 bits per heavy atom. The first-order chi connectivity index (χ1) is 8.08. The number of Topliss-reactive ketones (excluding diaryl/α,β-unsaturated/α-hetero) is 1. The lowest BCUT2D eigenvalue weighted by Gasteiger charge is -2.05. The molecule has 0 fully saturated rings. The summed E-state index contributed by atoms with van der Waals surface area (Å²) in [5, 5.41) is 4.17. The van der Waals surface area contributed by atoms with E-state index in [1.807, 2.05) is 37.3 Å². The minimum Gasteiger partial charge on any atom is -0.397 e. The summed E-state index contributed by atoms with van der Waals surface area (Å²) in [5.74, 6) is 0.0987. The molecule has 1 aromatic carbocycles. The van der Waals surface area contributed by atoms with Crippen molar-refractivity contribution in [1.29, 1.82) is 0 Å². The summed E-state index contributed by atoms with van der Waals surface area (Å²) in [7, 11) is 0. The quantitative estimate of drug-likeness (QED) is 0.643. The highest BCUT2D eigenvalue weighted by Gasteiger charge is 2.10. The fraction of sp³-hybridized carbons (Fsp3) is 0.154. The molecule has 3 N–H and O–H groups in total. The molecule has 0 aliphatic heterocycles. The van der Waals surface area contributed by atoms with Gasteiger partial charge in [-0.2, -0.15) is 0 Å². The molecule has 0 amide bonds. The Hall–Kier alpha value is -1.81. The predicted molar refractivity (Wildman–Crippen MR) is 73.2 cm³/mol. The van der Waals surface area contributed by atoms with Crippen LogP contribution in [0.5, 0.6) is 0 Å². The first-order valence-electron chi connectivity index (χ1n) is 5.31. The Kier molecular flexibility index (Phi) is 3.15. The van der Waals surface area contributed by atoms with Crippen LogP contribution < -0.4 is 11.1 Å². The first kappa shape index (κ1) is 11.7. The van der Waals surface area contributed by atoms with Gasteiger partial charge in [-0.1, -0.05) is 12.1 Å². The Morgan fingerprint density at radius 2 is 2.06 bits per heavy atom. The van der Waals surface area contributed by atoms with Crippen LogP contribution in [0.25, 0.3) is 0 Å². The highest BCUT2D eigenvalue weighted by Crippen LogP contribution is 2.31. The molecule has 1 aromatic heterocycles. The van der Waals surface area contributed by atoms with Crippen molar-refractivity contribution < 1.29 is 4.79 Å². The molecule has 0 saturated heterocycles. The molecule has 0 radical (unpaired) electrons. The maximum Gasteiger partial charge on any atom is 0.170 e. The fourth-order valence-electron chi connectivity index (χ4n) is 1.64. The van der Waals surface area contributed by atoms with Crippen LogP contribution in [0.15, 0.2) is 30.3 Å². The van der Waals surface area contributed by atoms with Gasteiger partial charge < -0.3 is 11.1 Å². The molecule has 0 aliphatic carbocycles. The monoisotopic (exact) mass is 246 g/mol. The molecule has 3 nitrogen and oxygen atoms in total. The number of nitrogens with one attached hydrogen (secondary N) is 1. The van der Waals surface area contributed by atoms with Crippen molar-refractivity contribution >= 4 is 33.5 Å². The number of carbonyl (C=O) groups excluding carboxylic acids is 1. The maximum absolute atomic E-state index is 11.4. The molecule has 2 rings (SSSR count). The van der Waals surface area contributed by atoms with Gasteiger partial charge in [0, 0.05) is 0 Å². The molecule has 0 saturated carbocycles. The number of para-hydroxylation sites is 2. The van der Waals surface area contributed by atoms with Gasteiger partial charge in [-0.25, -0.2) is 0 Å². The van der Waals surface area contributed by atoms with E-state index in [2.05, 4.69) is 5.32 Å². The minimum absolute atomic E-state index is 0.0987. The molecule has 17 heavy (non-hydrogen) atoms. The van der Waals surface area contributed by atoms with E-state index >= 15 is 0 Å². The topological polar surface area (TPSA) is 55.1 Å². The van der Waals surface area contributed by atoms with Gasteiger partial charge in [-0.15, -0.1) is 11.3 Å². The Balaban J connectivity index is 2.28. The Morgan fingerprint density at radius 1 is 1.35 bits per heavy atom. The number of rotatable bonds is 3. The Labute approximate surface area is 104 Å². The second kappa shape index (κ2) is 4.59. The van der Waals surface area contributed by atoms with Crippen molar-refractivity contribution in [2.45, 2.75) is 13.8 Å². The third-order valence-electron chi connectivity index (χ3n) is 2.46. The van der Waals surface area contributed by atoms with Gasteiger partial charge in [0.1, 0.15) is 0 Å². The van der Waals surface area contributed by atoms with Crippen molar-refractivity contribution in [3.63, 3.8) is 0 Å². The van der Waals surface area contributed by atoms with Crippen LogP contribution >= 0.6 is 11.3 Å². The van der Waals surface area contributed by atoms with Gasteiger partial charge >= 0.3 is 0 Å². The molecule has 4 heteroatoms. The number of ketones is 1. The molecular formula is C13H14N2OS. The summed E-state index contributed by atoms with van der Waals surface area (Å²) in [5.41, 5.74) is 8.41. The second-order valence-electron chi connectivity index (χ2n) is 3.89. The summed E-state index contributed by atoms with van der Waals surface area (Å²) in [6.45, 7) is 3.52. The lowest BCUT2D eigenvalue weighted by molar-refractivity contribution is 0.102. The summed E-state index contributed by atoms with van der Waals surface area (Å²) in [4.78, 5) is 12.2. The van der Waals surface area contributed by atoms with E-state index in [4.69, 9.17) is 5.73 Å². The van der Waals surface area contributed by atoms with Crippen molar-refractivity contribution in [1.82, 2.24) is 0 Å². The van der Waals surface area contributed by atoms with E-state index in [1.165, 1.54) is 11.3 Å². The van der Waals surface area contributed by atoms with E-state index in [9.17, 15) is 4.79 Å². The van der Waals surface area contributed by atoms with Crippen LogP contribution in [-0.2, 0) is 0 Å². The minimum atomic E-state index is 0.0987. The molecule has 0 spiro atoms. The van der Waals surface area contributed by atoms with E-state index in [-0.39, 0.29) is 5.78 Å². The van der Waals surface area contributed by atoms with E-state index in [1.54, 1.807) is 6.92 Å². The van der Waals surface area contributed by atoms with Gasteiger partial charge in [-0.05, 0) is 37.6 Å². The van der Waals surface area contributed by atoms with Gasteiger partial charge in [0.15, 0.2) is 5.78 Å². The molecule has 0 unspecified atom stereocenters. The molecule has 0 aliphatic rings. The van der Waals surface area contributed by atoms with Gasteiger partial charge in [0.25, 0.3) is 0 Å². The summed E-state index contributed by atoms with van der Waals surface area (Å²) < 4.78 is 0. The lowest BCUT2D eigenvalue weighted by atomic mass is 10.2. The molecule has 0 bridgehead atoms. The number of hydrogen-bond donors (Lipinski definition) is 2. The van der Waals surface area contributed by atoms with E-state index < -0.39 is 0 Å². The number of nitrogens with two attached hydrogens (primary N) is 1. The SMILES string of the molecule is CC(=O)c1sc(Nc2ccccc2N)cc1C. The third-order valence-corrected chi connectivity index (χ3v) is 3.71. The highest BCUT2D eigenvalue weighted by molar-refractivity contribution is 7.18. The van der Waals surface area contributed by atoms with Crippen LogP contribution in [0.1, 0.15) is 22.2 Å². The average molecular weight is 246 g/mol. The maximum atomic E-state index is 11.4. The zero-order chi connectivity index (χ0) is 12.4. The number of carbonyl (C=O) groups is 1. The van der Waals surface area contributed by atoms with Gasteiger partial charge in [-0.3, -0.25) is 4.79 Å². The van der Waals surface area contributed by atoms with E-state index in [0.29, 0.717) is 5.69 Å². The fourth-order valence-corrected chi connectivity index (χ4v) is 2.62. The smallest absolute Gasteiger partial charge is 0.170 e. The van der Waals surface area contributed by atoms with Gasteiger partial charge in [0.05, 0.1) is 21.3 Å². The van der Waals surface area contributed by atoms with Crippen molar-refractivity contribution in [3.8, 4) is 0 Å². The normalized spacial score (nSPS) is 10.2. The molecule has 1 heterocycles. The Bertz CT molecular complexity index is 560.